The quantitative estimate of drug-likeness (QED) is 0.289. The Morgan fingerprint density at radius 2 is 2.25 bits per heavy atom. The number of carbonyl (C=O) groups excluding carboxylic acids is 1. The third kappa shape index (κ3) is 2.70. The molecule has 0 unspecified atom stereocenters. The molecule has 7 nitrogen and oxygen atoms in total. The zero-order valence-corrected chi connectivity index (χ0v) is 11.1. The summed E-state index contributed by atoms with van der Waals surface area (Å²) in [5, 5.41) is 11.2. The third-order valence-corrected chi connectivity index (χ3v) is 3.01. The minimum Gasteiger partial charge on any atom is -0.423 e. The maximum absolute atomic E-state index is 11.6. The fourth-order valence-corrected chi connectivity index (χ4v) is 1.78. The van der Waals surface area contributed by atoms with Gasteiger partial charge in [0.15, 0.2) is 5.75 Å². The molecule has 0 radical (unpaired) electrons. The summed E-state index contributed by atoms with van der Waals surface area (Å²) in [6.45, 7) is 0. The van der Waals surface area contributed by atoms with Gasteiger partial charge in [0.25, 0.3) is 5.69 Å². The summed E-state index contributed by atoms with van der Waals surface area (Å²) in [4.78, 5) is 26.1. The SMILES string of the molecule is N[C@@H](CS)C(=O)Oc1ccc([N+](=O)[O-])c2cccnc12. The molecule has 2 N–H and O–H groups in total. The van der Waals surface area contributed by atoms with E-state index in [2.05, 4.69) is 17.6 Å². The van der Waals surface area contributed by atoms with Gasteiger partial charge in [-0.3, -0.25) is 15.1 Å². The summed E-state index contributed by atoms with van der Waals surface area (Å²) in [5.74, 6) is -0.397. The normalized spacial score (nSPS) is 12.1. The average Bonchev–Trinajstić information content (AvgIpc) is 2.46. The summed E-state index contributed by atoms with van der Waals surface area (Å²) >= 11 is 3.91. The van der Waals surface area contributed by atoms with E-state index in [1.807, 2.05) is 0 Å². The van der Waals surface area contributed by atoms with Crippen molar-refractivity contribution in [3.05, 3.63) is 40.6 Å². The van der Waals surface area contributed by atoms with E-state index in [1.54, 1.807) is 6.07 Å². The molecular formula is C12H11N3O4S. The van der Waals surface area contributed by atoms with Gasteiger partial charge in [-0.15, -0.1) is 0 Å². The molecule has 2 rings (SSSR count). The molecule has 0 spiro atoms. The number of benzene rings is 1. The maximum atomic E-state index is 11.6. The number of esters is 1. The number of pyridine rings is 1. The van der Waals surface area contributed by atoms with Gasteiger partial charge in [-0.05, 0) is 18.2 Å². The minimum atomic E-state index is -0.868. The second-order valence-corrected chi connectivity index (χ2v) is 4.31. The third-order valence-electron chi connectivity index (χ3n) is 2.62. The van der Waals surface area contributed by atoms with Crippen LogP contribution in [0, 0.1) is 10.1 Å². The van der Waals surface area contributed by atoms with Gasteiger partial charge in [-0.2, -0.15) is 12.6 Å². The molecule has 104 valence electrons. The lowest BCUT2D eigenvalue weighted by Gasteiger charge is -2.10. The van der Waals surface area contributed by atoms with Crippen molar-refractivity contribution in [3.63, 3.8) is 0 Å². The highest BCUT2D eigenvalue weighted by atomic mass is 32.1. The molecule has 0 aliphatic heterocycles. The van der Waals surface area contributed by atoms with Gasteiger partial charge in [0, 0.05) is 18.0 Å². The highest BCUT2D eigenvalue weighted by molar-refractivity contribution is 7.80. The number of hydrogen-bond acceptors (Lipinski definition) is 7. The van der Waals surface area contributed by atoms with Crippen LogP contribution >= 0.6 is 12.6 Å². The molecule has 1 heterocycles. The molecule has 0 aliphatic rings. The zero-order chi connectivity index (χ0) is 14.7. The second-order valence-electron chi connectivity index (χ2n) is 3.95. The van der Waals surface area contributed by atoms with E-state index < -0.39 is 16.9 Å². The van der Waals surface area contributed by atoms with E-state index in [0.717, 1.165) is 0 Å². The average molecular weight is 293 g/mol. The van der Waals surface area contributed by atoms with Crippen LogP contribution in [0.5, 0.6) is 5.75 Å². The lowest BCUT2D eigenvalue weighted by molar-refractivity contribution is -0.383. The molecule has 1 atom stereocenters. The fraction of sp³-hybridized carbons (Fsp3) is 0.167. The number of nitrogens with zero attached hydrogens (tertiary/aromatic N) is 2. The molecule has 2 aromatic rings. The number of aromatic nitrogens is 1. The molecule has 0 fully saturated rings. The van der Waals surface area contributed by atoms with Gasteiger partial charge in [0.1, 0.15) is 11.6 Å². The number of nitro groups is 1. The van der Waals surface area contributed by atoms with Crippen LogP contribution < -0.4 is 10.5 Å². The Morgan fingerprint density at radius 3 is 2.90 bits per heavy atom. The van der Waals surface area contributed by atoms with Crippen LogP contribution in [0.3, 0.4) is 0 Å². The molecule has 1 aromatic heterocycles. The lowest BCUT2D eigenvalue weighted by Crippen LogP contribution is -2.35. The van der Waals surface area contributed by atoms with Crippen LogP contribution in [-0.2, 0) is 4.79 Å². The highest BCUT2D eigenvalue weighted by Crippen LogP contribution is 2.31. The zero-order valence-electron chi connectivity index (χ0n) is 10.2. The van der Waals surface area contributed by atoms with Crippen LogP contribution in [0.4, 0.5) is 5.69 Å². The van der Waals surface area contributed by atoms with E-state index >= 15 is 0 Å². The van der Waals surface area contributed by atoms with Gasteiger partial charge in [0.05, 0.1) is 10.3 Å². The van der Waals surface area contributed by atoms with E-state index in [1.165, 1.54) is 24.4 Å². The van der Waals surface area contributed by atoms with E-state index in [-0.39, 0.29) is 22.7 Å². The van der Waals surface area contributed by atoms with Gasteiger partial charge < -0.3 is 10.5 Å². The number of nitro benzene ring substituents is 1. The standard InChI is InChI=1S/C12H11N3O4S/c13-8(6-20)12(16)19-10-4-3-9(15(17)18)7-2-1-5-14-11(7)10/h1-5,8,20H,6,13H2/t8-/m0/s1. The monoisotopic (exact) mass is 293 g/mol. The Kier molecular flexibility index (Phi) is 4.16. The van der Waals surface area contributed by atoms with Gasteiger partial charge in [-0.1, -0.05) is 0 Å². The first-order valence-electron chi connectivity index (χ1n) is 5.65. The van der Waals surface area contributed by atoms with Gasteiger partial charge in [0.2, 0.25) is 0 Å². The first-order valence-corrected chi connectivity index (χ1v) is 6.28. The van der Waals surface area contributed by atoms with Crippen molar-refractivity contribution >= 4 is 35.2 Å². The topological polar surface area (TPSA) is 108 Å². The number of ether oxygens (including phenoxy) is 1. The molecule has 0 amide bonds. The first-order chi connectivity index (χ1) is 9.54. The van der Waals surface area contributed by atoms with E-state index in [4.69, 9.17) is 10.5 Å². The minimum absolute atomic E-state index is 0.105. The van der Waals surface area contributed by atoms with E-state index in [0.29, 0.717) is 5.39 Å². The fourth-order valence-electron chi connectivity index (χ4n) is 1.63. The Balaban J connectivity index is 2.48. The van der Waals surface area contributed by atoms with Crippen molar-refractivity contribution in [1.82, 2.24) is 4.98 Å². The summed E-state index contributed by atoms with van der Waals surface area (Å²) < 4.78 is 5.12. The number of thiol groups is 1. The van der Waals surface area contributed by atoms with Crippen LogP contribution in [0.2, 0.25) is 0 Å². The summed E-state index contributed by atoms with van der Waals surface area (Å²) in [5.41, 5.74) is 5.64. The van der Waals surface area contributed by atoms with Crippen molar-refractivity contribution in [2.75, 3.05) is 5.75 Å². The number of nitrogens with two attached hydrogens (primary N) is 1. The highest BCUT2D eigenvalue weighted by Gasteiger charge is 2.19. The Hall–Kier alpha value is -2.19. The Bertz CT molecular complexity index is 677. The molecule has 0 aliphatic carbocycles. The number of non-ortho nitro benzene ring substituents is 1. The molecule has 0 saturated carbocycles. The van der Waals surface area contributed by atoms with Crippen LogP contribution in [0.1, 0.15) is 0 Å². The molecular weight excluding hydrogens is 282 g/mol. The largest absolute Gasteiger partial charge is 0.423 e. The Morgan fingerprint density at radius 1 is 1.50 bits per heavy atom. The van der Waals surface area contributed by atoms with Crippen LogP contribution in [0.25, 0.3) is 10.9 Å². The Labute approximate surface area is 119 Å². The summed E-state index contributed by atoms with van der Waals surface area (Å²) in [6, 6.07) is 4.83. The number of carbonyl (C=O) groups is 1. The smallest absolute Gasteiger partial charge is 0.329 e. The van der Waals surface area contributed by atoms with Crippen molar-refractivity contribution in [2.45, 2.75) is 6.04 Å². The predicted octanol–water partition coefficient (Wildman–Crippen LogP) is 1.31. The first kappa shape index (κ1) is 14.2. The van der Waals surface area contributed by atoms with Crippen molar-refractivity contribution in [2.24, 2.45) is 5.73 Å². The summed E-state index contributed by atoms with van der Waals surface area (Å²) in [7, 11) is 0. The number of hydrogen-bond donors (Lipinski definition) is 2. The molecule has 20 heavy (non-hydrogen) atoms. The van der Waals surface area contributed by atoms with Crippen molar-refractivity contribution in [1.29, 1.82) is 0 Å². The van der Waals surface area contributed by atoms with Gasteiger partial charge >= 0.3 is 5.97 Å². The van der Waals surface area contributed by atoms with Crippen LogP contribution in [-0.4, -0.2) is 27.7 Å². The molecule has 8 heteroatoms. The van der Waals surface area contributed by atoms with Crippen molar-refractivity contribution < 1.29 is 14.5 Å². The number of fused-ring (bicyclic) bond motifs is 1. The van der Waals surface area contributed by atoms with E-state index in [9.17, 15) is 14.9 Å². The van der Waals surface area contributed by atoms with Crippen molar-refractivity contribution in [3.8, 4) is 5.75 Å². The van der Waals surface area contributed by atoms with Gasteiger partial charge in [-0.25, -0.2) is 4.79 Å². The summed E-state index contributed by atoms with van der Waals surface area (Å²) in [6.07, 6.45) is 1.46. The van der Waals surface area contributed by atoms with Crippen LogP contribution in [0.15, 0.2) is 30.5 Å². The number of rotatable bonds is 4. The second kappa shape index (κ2) is 5.85. The lowest BCUT2D eigenvalue weighted by atomic mass is 10.1. The molecule has 0 saturated heterocycles. The predicted molar refractivity (Wildman–Crippen MR) is 75.9 cm³/mol. The molecule has 0 bridgehead atoms. The maximum Gasteiger partial charge on any atom is 0.329 e. The molecule has 1 aromatic carbocycles.